The van der Waals surface area contributed by atoms with Crippen LogP contribution >= 0.6 is 0 Å². The van der Waals surface area contributed by atoms with Crippen molar-refractivity contribution in [1.82, 2.24) is 9.80 Å². The van der Waals surface area contributed by atoms with Crippen molar-refractivity contribution in [2.45, 2.75) is 31.3 Å². The zero-order valence-corrected chi connectivity index (χ0v) is 12.8. The number of nitrogens with zero attached hydrogens (tertiary/aromatic N) is 2. The quantitative estimate of drug-likeness (QED) is 0.861. The van der Waals surface area contributed by atoms with Gasteiger partial charge < -0.3 is 20.6 Å². The van der Waals surface area contributed by atoms with E-state index in [1.54, 1.807) is 24.3 Å². The molecule has 0 saturated carbocycles. The highest BCUT2D eigenvalue weighted by atomic mass is 16.3. The van der Waals surface area contributed by atoms with Gasteiger partial charge in [-0.1, -0.05) is 12.1 Å². The van der Waals surface area contributed by atoms with Crippen LogP contribution in [-0.4, -0.2) is 60.1 Å². The van der Waals surface area contributed by atoms with Crippen molar-refractivity contribution < 1.29 is 9.90 Å². The van der Waals surface area contributed by atoms with Gasteiger partial charge in [0.25, 0.3) is 0 Å². The molecule has 1 aliphatic heterocycles. The fraction of sp³-hybridized carbons (Fsp3) is 0.562. The maximum Gasteiger partial charge on any atom is 0.239 e. The van der Waals surface area contributed by atoms with Crippen molar-refractivity contribution in [3.8, 4) is 5.75 Å². The molecule has 0 aromatic heterocycles. The second-order valence-corrected chi connectivity index (χ2v) is 5.96. The predicted octanol–water partition coefficient (Wildman–Crippen LogP) is 0.815. The Kier molecular flexibility index (Phi) is 5.20. The van der Waals surface area contributed by atoms with E-state index in [-0.39, 0.29) is 11.7 Å². The molecule has 0 aliphatic carbocycles. The minimum atomic E-state index is -0.529. The highest BCUT2D eigenvalue weighted by Crippen LogP contribution is 2.16. The van der Waals surface area contributed by atoms with E-state index >= 15 is 0 Å². The Morgan fingerprint density at radius 2 is 1.95 bits per heavy atom. The molecule has 2 rings (SSSR count). The normalized spacial score (nSPS) is 18.4. The van der Waals surface area contributed by atoms with E-state index in [0.29, 0.717) is 12.5 Å². The number of carbonyl (C=O) groups is 1. The number of benzene rings is 1. The molecule has 116 valence electrons. The molecule has 1 atom stereocenters. The van der Waals surface area contributed by atoms with Gasteiger partial charge in [-0.2, -0.15) is 0 Å². The first kappa shape index (κ1) is 15.8. The number of hydrogen-bond donors (Lipinski definition) is 2. The number of aromatic hydroxyl groups is 1. The average molecular weight is 291 g/mol. The summed E-state index contributed by atoms with van der Waals surface area (Å²) in [5.74, 6) is 0.222. The summed E-state index contributed by atoms with van der Waals surface area (Å²) in [5, 5.41) is 9.27. The van der Waals surface area contributed by atoms with Crippen molar-refractivity contribution in [1.29, 1.82) is 0 Å². The molecule has 0 bridgehead atoms. The van der Waals surface area contributed by atoms with Gasteiger partial charge in [-0.3, -0.25) is 4.79 Å². The van der Waals surface area contributed by atoms with Gasteiger partial charge in [0.2, 0.25) is 5.91 Å². The Morgan fingerprint density at radius 3 is 2.52 bits per heavy atom. The van der Waals surface area contributed by atoms with Crippen molar-refractivity contribution in [2.24, 2.45) is 5.73 Å². The number of likely N-dealkylation sites (N-methyl/N-ethyl adjacent to an activating group) is 1. The topological polar surface area (TPSA) is 69.8 Å². The van der Waals surface area contributed by atoms with Gasteiger partial charge in [-0.15, -0.1) is 0 Å². The summed E-state index contributed by atoms with van der Waals surface area (Å²) in [6.07, 6.45) is 2.51. The third-order valence-electron chi connectivity index (χ3n) is 4.29. The van der Waals surface area contributed by atoms with Crippen LogP contribution < -0.4 is 5.73 Å². The Bertz CT molecular complexity index is 467. The zero-order chi connectivity index (χ0) is 15.4. The first-order valence-electron chi connectivity index (χ1n) is 7.46. The summed E-state index contributed by atoms with van der Waals surface area (Å²) in [6, 6.07) is 6.61. The zero-order valence-electron chi connectivity index (χ0n) is 12.8. The van der Waals surface area contributed by atoms with Gasteiger partial charge in [0.15, 0.2) is 0 Å². The summed E-state index contributed by atoms with van der Waals surface area (Å²) in [7, 11) is 3.96. The summed E-state index contributed by atoms with van der Waals surface area (Å²) in [4.78, 5) is 16.5. The van der Waals surface area contributed by atoms with Gasteiger partial charge in [-0.05, 0) is 57.1 Å². The fourth-order valence-electron chi connectivity index (χ4n) is 2.80. The van der Waals surface area contributed by atoms with E-state index in [2.05, 4.69) is 11.9 Å². The fourth-order valence-corrected chi connectivity index (χ4v) is 2.80. The van der Waals surface area contributed by atoms with Crippen LogP contribution in [-0.2, 0) is 11.2 Å². The Labute approximate surface area is 126 Å². The first-order chi connectivity index (χ1) is 9.97. The molecule has 5 heteroatoms. The molecule has 3 N–H and O–H groups in total. The maximum absolute atomic E-state index is 12.4. The largest absolute Gasteiger partial charge is 0.508 e. The van der Waals surface area contributed by atoms with Crippen LogP contribution in [0.1, 0.15) is 18.4 Å². The standard InChI is InChI=1S/C16H25N3O2/c1-18-9-7-13(8-10-18)19(2)16(21)15(17)11-12-3-5-14(20)6-4-12/h3-6,13,15,20H,7-11,17H2,1-2H3/t15-/m0/s1. The molecular weight excluding hydrogens is 266 g/mol. The Balaban J connectivity index is 1.90. The molecule has 1 saturated heterocycles. The SMILES string of the molecule is CN1CCC(N(C)C(=O)[C@@H](N)Cc2ccc(O)cc2)CC1. The third kappa shape index (κ3) is 4.19. The first-order valence-corrected chi connectivity index (χ1v) is 7.46. The van der Waals surface area contributed by atoms with Crippen LogP contribution in [0.5, 0.6) is 5.75 Å². The van der Waals surface area contributed by atoms with Crippen LogP contribution in [0.3, 0.4) is 0 Å². The van der Waals surface area contributed by atoms with E-state index in [4.69, 9.17) is 5.73 Å². The van der Waals surface area contributed by atoms with Crippen LogP contribution in [0, 0.1) is 0 Å². The van der Waals surface area contributed by atoms with Gasteiger partial charge in [-0.25, -0.2) is 0 Å². The molecule has 1 aromatic rings. The van der Waals surface area contributed by atoms with E-state index in [9.17, 15) is 9.90 Å². The minimum absolute atomic E-state index is 0.00220. The lowest BCUT2D eigenvalue weighted by atomic mass is 10.0. The molecular formula is C16H25N3O2. The Morgan fingerprint density at radius 1 is 1.38 bits per heavy atom. The minimum Gasteiger partial charge on any atom is -0.508 e. The van der Waals surface area contributed by atoms with E-state index < -0.39 is 6.04 Å². The van der Waals surface area contributed by atoms with Gasteiger partial charge >= 0.3 is 0 Å². The molecule has 1 aromatic carbocycles. The average Bonchev–Trinajstić information content (AvgIpc) is 2.49. The number of hydrogen-bond acceptors (Lipinski definition) is 4. The lowest BCUT2D eigenvalue weighted by molar-refractivity contribution is -0.134. The van der Waals surface area contributed by atoms with Crippen molar-refractivity contribution >= 4 is 5.91 Å². The highest BCUT2D eigenvalue weighted by molar-refractivity contribution is 5.82. The number of piperidine rings is 1. The summed E-state index contributed by atoms with van der Waals surface area (Å²) >= 11 is 0. The van der Waals surface area contributed by atoms with Gasteiger partial charge in [0.05, 0.1) is 6.04 Å². The molecule has 1 fully saturated rings. The van der Waals surface area contributed by atoms with Crippen LogP contribution in [0.4, 0.5) is 0 Å². The monoisotopic (exact) mass is 291 g/mol. The molecule has 1 amide bonds. The maximum atomic E-state index is 12.4. The number of likely N-dealkylation sites (tertiary alicyclic amines) is 1. The Hall–Kier alpha value is -1.59. The lowest BCUT2D eigenvalue weighted by Crippen LogP contribution is -2.50. The summed E-state index contributed by atoms with van der Waals surface area (Å²) < 4.78 is 0. The van der Waals surface area contributed by atoms with Crippen molar-refractivity contribution in [3.63, 3.8) is 0 Å². The molecule has 1 aliphatic rings. The predicted molar refractivity (Wildman–Crippen MR) is 83.1 cm³/mol. The molecule has 1 heterocycles. The molecule has 0 unspecified atom stereocenters. The van der Waals surface area contributed by atoms with Crippen LogP contribution in [0.15, 0.2) is 24.3 Å². The smallest absolute Gasteiger partial charge is 0.239 e. The summed E-state index contributed by atoms with van der Waals surface area (Å²) in [5.41, 5.74) is 7.02. The van der Waals surface area contributed by atoms with Crippen LogP contribution in [0.25, 0.3) is 0 Å². The second kappa shape index (κ2) is 6.91. The number of rotatable bonds is 4. The number of amides is 1. The number of phenols is 1. The van der Waals surface area contributed by atoms with Gasteiger partial charge in [0.1, 0.15) is 5.75 Å². The number of nitrogens with two attached hydrogens (primary N) is 1. The van der Waals surface area contributed by atoms with E-state index in [0.717, 1.165) is 31.5 Å². The van der Waals surface area contributed by atoms with E-state index in [1.165, 1.54) is 0 Å². The second-order valence-electron chi connectivity index (χ2n) is 5.96. The highest BCUT2D eigenvalue weighted by Gasteiger charge is 2.27. The third-order valence-corrected chi connectivity index (χ3v) is 4.29. The van der Waals surface area contributed by atoms with Crippen molar-refractivity contribution in [3.05, 3.63) is 29.8 Å². The van der Waals surface area contributed by atoms with Gasteiger partial charge in [0, 0.05) is 13.1 Å². The molecule has 5 nitrogen and oxygen atoms in total. The molecule has 0 spiro atoms. The number of carbonyl (C=O) groups excluding carboxylic acids is 1. The number of phenolic OH excluding ortho intramolecular Hbond substituents is 1. The molecule has 0 radical (unpaired) electrons. The molecule has 21 heavy (non-hydrogen) atoms. The van der Waals surface area contributed by atoms with Crippen molar-refractivity contribution in [2.75, 3.05) is 27.2 Å². The van der Waals surface area contributed by atoms with Crippen LogP contribution in [0.2, 0.25) is 0 Å². The lowest BCUT2D eigenvalue weighted by Gasteiger charge is -2.36. The summed E-state index contributed by atoms with van der Waals surface area (Å²) in [6.45, 7) is 2.05. The van der Waals surface area contributed by atoms with E-state index in [1.807, 2.05) is 11.9 Å².